The van der Waals surface area contributed by atoms with Crippen LogP contribution in [0.2, 0.25) is 0 Å². The van der Waals surface area contributed by atoms with Gasteiger partial charge >= 0.3 is 0 Å². The number of aryl methyl sites for hydroxylation is 1. The predicted octanol–water partition coefficient (Wildman–Crippen LogP) is 15.5. The van der Waals surface area contributed by atoms with Gasteiger partial charge in [-0.1, -0.05) is 242 Å². The molecule has 3 aliphatic rings. The highest BCUT2D eigenvalue weighted by Gasteiger charge is 2.53. The van der Waals surface area contributed by atoms with Crippen LogP contribution >= 0.6 is 0 Å². The summed E-state index contributed by atoms with van der Waals surface area (Å²) in [5.41, 5.74) is 16.7. The second kappa shape index (κ2) is 18.0. The first-order chi connectivity index (χ1) is 37.1. The summed E-state index contributed by atoms with van der Waals surface area (Å²) in [6.45, 7) is 2.13. The number of rotatable bonds is 8. The van der Waals surface area contributed by atoms with Crippen molar-refractivity contribution in [3.8, 4) is 79.0 Å². The fourth-order valence-corrected chi connectivity index (χ4v) is 11.2. The number of amidine groups is 2. The largest absolute Gasteiger partial charge is 0.456 e. The van der Waals surface area contributed by atoms with E-state index in [1.807, 2.05) is 72.8 Å². The fraction of sp³-hybridized carbons (Fsp3) is 0.0441. The third kappa shape index (κ3) is 7.47. The van der Waals surface area contributed by atoms with Crippen molar-refractivity contribution < 1.29 is 4.74 Å². The van der Waals surface area contributed by atoms with Crippen LogP contribution in [0.3, 0.4) is 0 Å². The summed E-state index contributed by atoms with van der Waals surface area (Å²) in [6.07, 6.45) is -0.366. The average molecular weight is 963 g/mol. The Morgan fingerprint density at radius 3 is 1.63 bits per heavy atom. The lowest BCUT2D eigenvalue weighted by Gasteiger charge is -2.40. The maximum absolute atomic E-state index is 7.46. The Balaban J connectivity index is 1.04. The van der Waals surface area contributed by atoms with E-state index >= 15 is 0 Å². The molecule has 1 spiro atoms. The van der Waals surface area contributed by atoms with Crippen molar-refractivity contribution in [2.45, 2.75) is 18.5 Å². The monoisotopic (exact) mass is 962 g/mol. The molecule has 0 bridgehead atoms. The van der Waals surface area contributed by atoms with Crippen LogP contribution in [0.15, 0.2) is 259 Å². The second-order valence-electron chi connectivity index (χ2n) is 19.2. The summed E-state index contributed by atoms with van der Waals surface area (Å²) in [5, 5.41) is 3.72. The maximum Gasteiger partial charge on any atom is 0.164 e. The number of ether oxygens (including phenoxy) is 1. The molecule has 0 amide bonds. The number of aromatic nitrogens is 3. The number of nitrogens with zero attached hydrogens (tertiary/aromatic N) is 5. The first kappa shape index (κ1) is 43.9. The molecule has 2 unspecified atom stereocenters. The highest BCUT2D eigenvalue weighted by Crippen LogP contribution is 2.65. The first-order valence-corrected chi connectivity index (χ1v) is 25.3. The molecule has 1 N–H and O–H groups in total. The van der Waals surface area contributed by atoms with Crippen LogP contribution in [-0.4, -0.2) is 26.6 Å². The molecule has 10 aromatic carbocycles. The minimum Gasteiger partial charge on any atom is -0.456 e. The van der Waals surface area contributed by atoms with Gasteiger partial charge in [-0.3, -0.25) is 0 Å². The Hall–Kier alpha value is -9.85. The van der Waals surface area contributed by atoms with Gasteiger partial charge in [0.1, 0.15) is 23.5 Å². The molecule has 7 heteroatoms. The molecule has 7 nitrogen and oxygen atoms in total. The smallest absolute Gasteiger partial charge is 0.164 e. The Labute approximate surface area is 435 Å². The van der Waals surface area contributed by atoms with Gasteiger partial charge in [0, 0.05) is 44.5 Å². The molecule has 0 saturated carbocycles. The molecule has 3 heterocycles. The summed E-state index contributed by atoms with van der Waals surface area (Å²) in [5.74, 6) is 4.70. The zero-order valence-electron chi connectivity index (χ0n) is 40.9. The molecule has 11 aromatic rings. The molecule has 1 aromatic heterocycles. The van der Waals surface area contributed by atoms with Gasteiger partial charge in [-0.25, -0.2) is 24.9 Å². The lowest BCUT2D eigenvalue weighted by Crippen LogP contribution is -2.35. The molecule has 354 valence electrons. The number of hydrogen-bond acceptors (Lipinski definition) is 7. The van der Waals surface area contributed by atoms with Gasteiger partial charge in [0.15, 0.2) is 23.3 Å². The van der Waals surface area contributed by atoms with Crippen molar-refractivity contribution in [3.63, 3.8) is 0 Å². The van der Waals surface area contributed by atoms with E-state index in [2.05, 4.69) is 188 Å². The lowest BCUT2D eigenvalue weighted by atomic mass is 9.65. The van der Waals surface area contributed by atoms with Gasteiger partial charge in [0.2, 0.25) is 0 Å². The molecular weight excluding hydrogens is 917 g/mol. The third-order valence-corrected chi connectivity index (χ3v) is 14.8. The lowest BCUT2D eigenvalue weighted by molar-refractivity contribution is 0.438. The number of fused-ring (bicyclic) bond motifs is 9. The Morgan fingerprint density at radius 2 is 0.960 bits per heavy atom. The second-order valence-corrected chi connectivity index (χ2v) is 19.2. The van der Waals surface area contributed by atoms with E-state index in [0.29, 0.717) is 29.1 Å². The Morgan fingerprint density at radius 1 is 0.400 bits per heavy atom. The van der Waals surface area contributed by atoms with Gasteiger partial charge in [0.25, 0.3) is 0 Å². The van der Waals surface area contributed by atoms with Crippen LogP contribution in [-0.2, 0) is 5.41 Å². The highest BCUT2D eigenvalue weighted by molar-refractivity contribution is 6.13. The van der Waals surface area contributed by atoms with E-state index in [4.69, 9.17) is 29.7 Å². The topological polar surface area (TPSA) is 84.7 Å². The summed E-state index contributed by atoms with van der Waals surface area (Å²) in [6, 6.07) is 87.0. The maximum atomic E-state index is 7.46. The van der Waals surface area contributed by atoms with Gasteiger partial charge in [0.05, 0.1) is 5.41 Å². The van der Waals surface area contributed by atoms with Gasteiger partial charge in [-0.05, 0) is 63.6 Å². The first-order valence-electron chi connectivity index (χ1n) is 25.3. The van der Waals surface area contributed by atoms with Gasteiger partial charge < -0.3 is 10.1 Å². The normalized spacial score (nSPS) is 15.8. The van der Waals surface area contributed by atoms with Crippen molar-refractivity contribution in [1.82, 2.24) is 20.3 Å². The van der Waals surface area contributed by atoms with Crippen molar-refractivity contribution in [2.75, 3.05) is 0 Å². The van der Waals surface area contributed by atoms with Gasteiger partial charge in [-0.15, -0.1) is 0 Å². The van der Waals surface area contributed by atoms with E-state index < -0.39 is 5.41 Å². The van der Waals surface area contributed by atoms with E-state index in [1.165, 1.54) is 5.56 Å². The third-order valence-electron chi connectivity index (χ3n) is 14.8. The van der Waals surface area contributed by atoms with Gasteiger partial charge in [-0.2, -0.15) is 0 Å². The molecule has 75 heavy (non-hydrogen) atoms. The number of benzene rings is 10. The zero-order valence-corrected chi connectivity index (χ0v) is 40.9. The highest BCUT2D eigenvalue weighted by atomic mass is 16.5. The molecule has 2 aliphatic heterocycles. The average Bonchev–Trinajstić information content (AvgIpc) is 3.92. The Bertz CT molecular complexity index is 3990. The molecule has 14 rings (SSSR count). The van der Waals surface area contributed by atoms with Crippen molar-refractivity contribution in [2.24, 2.45) is 9.98 Å². The molecule has 2 atom stereocenters. The quantitative estimate of drug-likeness (QED) is 0.164. The number of nitrogens with one attached hydrogen (secondary N) is 1. The van der Waals surface area contributed by atoms with Crippen LogP contribution in [0.25, 0.3) is 67.5 Å². The van der Waals surface area contributed by atoms with E-state index in [1.54, 1.807) is 0 Å². The van der Waals surface area contributed by atoms with Crippen LogP contribution < -0.4 is 10.1 Å². The van der Waals surface area contributed by atoms with Crippen molar-refractivity contribution in [3.05, 3.63) is 293 Å². The zero-order chi connectivity index (χ0) is 49.9. The molecule has 0 saturated heterocycles. The van der Waals surface area contributed by atoms with Crippen LogP contribution in [0.1, 0.15) is 50.7 Å². The number of para-hydroxylation sites is 1. The van der Waals surface area contributed by atoms with Crippen LogP contribution in [0, 0.1) is 6.92 Å². The summed E-state index contributed by atoms with van der Waals surface area (Å²) < 4.78 is 7.46. The Kier molecular flexibility index (Phi) is 10.5. The fourth-order valence-electron chi connectivity index (χ4n) is 11.2. The minimum absolute atomic E-state index is 0.366. The standard InChI is InChI=1S/C68H46N6O/c1-43-33-35-44(36-34-43)50-37-39-53-58(41-50)68(56-31-18-30-54(60(53)56)67-73-64(48-25-13-5-14-26-48)70-65(74-67)49-27-15-6-16-28-49)55-40-38-51(42-59(55)75-61-52(29-17-32-57(61)68)45-19-7-2-8-20-45)66-71-62(46-21-9-3-10-22-46)69-63(72-66)47-23-11-4-12-24-47/h2-42,62H,1H3,(H,69,71,72). The number of aliphatic imine (C=N–C) groups is 2. The summed E-state index contributed by atoms with van der Waals surface area (Å²) in [4.78, 5) is 26.2. The number of hydrogen-bond donors (Lipinski definition) is 1. The van der Waals surface area contributed by atoms with Crippen LogP contribution in [0.5, 0.6) is 11.5 Å². The SMILES string of the molecule is Cc1ccc(-c2ccc3c(c2)C2(c4ccc(C5=NC(c6ccccc6)=NC(c6ccccc6)N5)cc4Oc4c(-c5ccccc5)cccc42)c2cccc(-c4nc(-c5ccccc5)nc(-c5ccccc5)n4)c2-3)cc1. The van der Waals surface area contributed by atoms with Crippen molar-refractivity contribution >= 4 is 11.7 Å². The molecule has 1 aliphatic carbocycles. The summed E-state index contributed by atoms with van der Waals surface area (Å²) >= 11 is 0. The summed E-state index contributed by atoms with van der Waals surface area (Å²) in [7, 11) is 0. The predicted molar refractivity (Wildman–Crippen MR) is 301 cm³/mol. The molecular formula is C68H46N6O. The molecule has 0 fully saturated rings. The van der Waals surface area contributed by atoms with Crippen LogP contribution in [0.4, 0.5) is 0 Å². The van der Waals surface area contributed by atoms with E-state index in [0.717, 1.165) is 101 Å². The van der Waals surface area contributed by atoms with Crippen molar-refractivity contribution in [1.29, 1.82) is 0 Å². The molecule has 0 radical (unpaired) electrons. The van der Waals surface area contributed by atoms with E-state index in [-0.39, 0.29) is 6.17 Å². The van der Waals surface area contributed by atoms with E-state index in [9.17, 15) is 0 Å². The minimum atomic E-state index is -0.879.